The fourth-order valence-electron chi connectivity index (χ4n) is 5.27. The van der Waals surface area contributed by atoms with Gasteiger partial charge in [0.25, 0.3) is 0 Å². The largest absolute Gasteiger partial charge is 0.369 e. The van der Waals surface area contributed by atoms with Crippen molar-refractivity contribution in [2.75, 3.05) is 38.1 Å². The molecule has 0 spiro atoms. The van der Waals surface area contributed by atoms with Crippen molar-refractivity contribution >= 4 is 27.6 Å². The summed E-state index contributed by atoms with van der Waals surface area (Å²) < 4.78 is 1.90. The SMILES string of the molecule is Cc1cc(-c2cc3c(-c4ccc5c(cnn5C)c4)c[nH]c3nn2)cc(C)c1N1CCN(C)CC1. The quantitative estimate of drug-likeness (QED) is 0.436. The Kier molecular flexibility index (Phi) is 4.88. The molecule has 2 aromatic carbocycles. The van der Waals surface area contributed by atoms with Gasteiger partial charge in [-0.15, -0.1) is 10.2 Å². The van der Waals surface area contributed by atoms with Crippen molar-refractivity contribution in [3.8, 4) is 22.4 Å². The average molecular weight is 452 g/mol. The summed E-state index contributed by atoms with van der Waals surface area (Å²) in [5.41, 5.74) is 10.1. The highest BCUT2D eigenvalue weighted by Crippen LogP contribution is 2.34. The molecule has 0 unspecified atom stereocenters. The molecular weight excluding hydrogens is 422 g/mol. The van der Waals surface area contributed by atoms with Crippen molar-refractivity contribution < 1.29 is 0 Å². The number of aromatic nitrogens is 5. The monoisotopic (exact) mass is 451 g/mol. The number of likely N-dealkylation sites (N-methyl/N-ethyl adjacent to an activating group) is 1. The van der Waals surface area contributed by atoms with E-state index in [-0.39, 0.29) is 0 Å². The molecule has 7 nitrogen and oxygen atoms in total. The van der Waals surface area contributed by atoms with Crippen LogP contribution in [0.1, 0.15) is 11.1 Å². The van der Waals surface area contributed by atoms with Crippen LogP contribution in [-0.2, 0) is 7.05 Å². The van der Waals surface area contributed by atoms with Crippen LogP contribution in [-0.4, -0.2) is 63.1 Å². The van der Waals surface area contributed by atoms with E-state index in [1.807, 2.05) is 24.1 Å². The van der Waals surface area contributed by atoms with Crippen molar-refractivity contribution in [3.05, 3.63) is 59.9 Å². The molecule has 6 rings (SSSR count). The van der Waals surface area contributed by atoms with E-state index >= 15 is 0 Å². The van der Waals surface area contributed by atoms with Crippen LogP contribution in [0, 0.1) is 13.8 Å². The number of fused-ring (bicyclic) bond motifs is 2. The molecule has 1 N–H and O–H groups in total. The number of nitrogens with zero attached hydrogens (tertiary/aromatic N) is 6. The van der Waals surface area contributed by atoms with Gasteiger partial charge in [0.2, 0.25) is 0 Å². The van der Waals surface area contributed by atoms with Crippen molar-refractivity contribution in [1.82, 2.24) is 29.9 Å². The standard InChI is InChI=1S/C27H29N7/c1-17-11-20(12-18(2)26(17)34-9-7-32(3)8-10-34)24-14-22-23(16-28-27(22)31-30-24)19-5-6-25-21(13-19)15-29-33(25)4/h5-6,11-16H,7-10H2,1-4H3,(H,28,31). The van der Waals surface area contributed by atoms with Gasteiger partial charge in [0.1, 0.15) is 0 Å². The number of rotatable bonds is 3. The average Bonchev–Trinajstić information content (AvgIpc) is 3.42. The van der Waals surface area contributed by atoms with E-state index in [1.165, 1.54) is 16.8 Å². The summed E-state index contributed by atoms with van der Waals surface area (Å²) in [5, 5.41) is 15.6. The van der Waals surface area contributed by atoms with Crippen LogP contribution in [0.5, 0.6) is 0 Å². The van der Waals surface area contributed by atoms with E-state index in [0.717, 1.165) is 70.5 Å². The second kappa shape index (κ2) is 7.95. The lowest BCUT2D eigenvalue weighted by Gasteiger charge is -2.36. The molecule has 1 fully saturated rings. The predicted molar refractivity (Wildman–Crippen MR) is 138 cm³/mol. The van der Waals surface area contributed by atoms with Gasteiger partial charge < -0.3 is 14.8 Å². The van der Waals surface area contributed by atoms with Crippen LogP contribution in [0.4, 0.5) is 5.69 Å². The molecule has 0 radical (unpaired) electrons. The molecule has 0 aliphatic carbocycles. The Morgan fingerprint density at radius 2 is 1.62 bits per heavy atom. The van der Waals surface area contributed by atoms with E-state index in [0.29, 0.717) is 0 Å². The molecule has 34 heavy (non-hydrogen) atoms. The molecule has 0 amide bonds. The van der Waals surface area contributed by atoms with Gasteiger partial charge >= 0.3 is 0 Å². The van der Waals surface area contributed by atoms with Crippen LogP contribution in [0.2, 0.25) is 0 Å². The third-order valence-corrected chi connectivity index (χ3v) is 7.10. The Bertz CT molecular complexity index is 1500. The van der Waals surface area contributed by atoms with Gasteiger partial charge in [-0.3, -0.25) is 4.68 Å². The Labute approximate surface area is 199 Å². The number of H-pyrrole nitrogens is 1. The van der Waals surface area contributed by atoms with Crippen LogP contribution in [0.25, 0.3) is 44.3 Å². The molecule has 1 aliphatic heterocycles. The highest BCUT2D eigenvalue weighted by Gasteiger charge is 2.19. The lowest BCUT2D eigenvalue weighted by Crippen LogP contribution is -2.45. The number of piperazine rings is 1. The smallest absolute Gasteiger partial charge is 0.160 e. The van der Waals surface area contributed by atoms with Gasteiger partial charge in [-0.2, -0.15) is 5.10 Å². The molecule has 4 heterocycles. The fourth-order valence-corrected chi connectivity index (χ4v) is 5.27. The minimum absolute atomic E-state index is 0.799. The fraction of sp³-hybridized carbons (Fsp3) is 0.296. The first-order chi connectivity index (χ1) is 16.5. The van der Waals surface area contributed by atoms with Gasteiger partial charge in [-0.25, -0.2) is 0 Å². The molecule has 3 aromatic heterocycles. The highest BCUT2D eigenvalue weighted by atomic mass is 15.3. The first-order valence-corrected chi connectivity index (χ1v) is 11.8. The predicted octanol–water partition coefficient (Wildman–Crippen LogP) is 4.55. The molecule has 0 atom stereocenters. The zero-order valence-corrected chi connectivity index (χ0v) is 20.1. The summed E-state index contributed by atoms with van der Waals surface area (Å²) in [6.45, 7) is 8.75. The minimum atomic E-state index is 0.799. The number of hydrogen-bond donors (Lipinski definition) is 1. The van der Waals surface area contributed by atoms with Crippen molar-refractivity contribution in [2.24, 2.45) is 7.05 Å². The molecular formula is C27H29N7. The zero-order chi connectivity index (χ0) is 23.4. The first-order valence-electron chi connectivity index (χ1n) is 11.8. The van der Waals surface area contributed by atoms with Gasteiger partial charge in [-0.05, 0) is 67.9 Å². The summed E-state index contributed by atoms with van der Waals surface area (Å²) in [5.74, 6) is 0. The van der Waals surface area contributed by atoms with Crippen LogP contribution in [0.15, 0.2) is 48.8 Å². The molecule has 0 saturated carbocycles. The van der Waals surface area contributed by atoms with Gasteiger partial charge in [0, 0.05) is 67.0 Å². The molecule has 5 aromatic rings. The normalized spacial score (nSPS) is 15.0. The molecule has 1 saturated heterocycles. The van der Waals surface area contributed by atoms with Gasteiger partial charge in [0.05, 0.1) is 17.4 Å². The van der Waals surface area contributed by atoms with E-state index in [9.17, 15) is 0 Å². The lowest BCUT2D eigenvalue weighted by molar-refractivity contribution is 0.312. The first kappa shape index (κ1) is 20.9. The third-order valence-electron chi connectivity index (χ3n) is 7.10. The maximum absolute atomic E-state index is 4.56. The van der Waals surface area contributed by atoms with E-state index in [4.69, 9.17) is 0 Å². The maximum Gasteiger partial charge on any atom is 0.160 e. The summed E-state index contributed by atoms with van der Waals surface area (Å²) in [7, 11) is 4.16. The molecule has 0 bridgehead atoms. The van der Waals surface area contributed by atoms with Crippen LogP contribution < -0.4 is 4.90 Å². The zero-order valence-electron chi connectivity index (χ0n) is 20.1. The van der Waals surface area contributed by atoms with Gasteiger partial charge in [0.15, 0.2) is 5.65 Å². The second-order valence-corrected chi connectivity index (χ2v) is 9.48. The third kappa shape index (κ3) is 3.44. The topological polar surface area (TPSA) is 65.9 Å². The minimum Gasteiger partial charge on any atom is -0.369 e. The number of hydrogen-bond acceptors (Lipinski definition) is 5. The van der Waals surface area contributed by atoms with Gasteiger partial charge in [-0.1, -0.05) is 6.07 Å². The summed E-state index contributed by atoms with van der Waals surface area (Å²) in [6.07, 6.45) is 3.93. The van der Waals surface area contributed by atoms with Crippen molar-refractivity contribution in [1.29, 1.82) is 0 Å². The Balaban J connectivity index is 1.39. The number of aromatic amines is 1. The Morgan fingerprint density at radius 1 is 0.853 bits per heavy atom. The Hall–Kier alpha value is -3.71. The number of nitrogens with one attached hydrogen (secondary N) is 1. The summed E-state index contributed by atoms with van der Waals surface area (Å²) in [6, 6.07) is 13.1. The number of benzene rings is 2. The number of anilines is 1. The molecule has 1 aliphatic rings. The molecule has 172 valence electrons. The number of aryl methyl sites for hydroxylation is 3. The maximum atomic E-state index is 4.56. The second-order valence-electron chi connectivity index (χ2n) is 9.48. The van der Waals surface area contributed by atoms with E-state index in [2.05, 4.69) is 87.4 Å². The lowest BCUT2D eigenvalue weighted by atomic mass is 9.99. The highest BCUT2D eigenvalue weighted by molar-refractivity contribution is 5.97. The van der Waals surface area contributed by atoms with Crippen LogP contribution >= 0.6 is 0 Å². The van der Waals surface area contributed by atoms with Crippen LogP contribution in [0.3, 0.4) is 0 Å². The van der Waals surface area contributed by atoms with Crippen molar-refractivity contribution in [3.63, 3.8) is 0 Å². The summed E-state index contributed by atoms with van der Waals surface area (Å²) >= 11 is 0. The van der Waals surface area contributed by atoms with E-state index in [1.54, 1.807) is 0 Å². The summed E-state index contributed by atoms with van der Waals surface area (Å²) in [4.78, 5) is 8.20. The van der Waals surface area contributed by atoms with E-state index < -0.39 is 0 Å². The molecule has 7 heteroatoms. The van der Waals surface area contributed by atoms with Crippen molar-refractivity contribution in [2.45, 2.75) is 13.8 Å². The Morgan fingerprint density at radius 3 is 2.38 bits per heavy atom.